The fourth-order valence-electron chi connectivity index (χ4n) is 4.08. The summed E-state index contributed by atoms with van der Waals surface area (Å²) in [6.45, 7) is -0.119. The van der Waals surface area contributed by atoms with Gasteiger partial charge >= 0.3 is 0 Å². The first-order valence-corrected chi connectivity index (χ1v) is 10.9. The van der Waals surface area contributed by atoms with Crippen LogP contribution in [0.15, 0.2) is 64.0 Å². The van der Waals surface area contributed by atoms with Crippen LogP contribution >= 0.6 is 15.9 Å². The molecular weight excluding hydrogens is 432 g/mol. The van der Waals surface area contributed by atoms with E-state index in [1.54, 1.807) is 23.1 Å². The molecule has 0 unspecified atom stereocenters. The predicted octanol–water partition coefficient (Wildman–Crippen LogP) is 1.81. The molecule has 0 bridgehead atoms. The topological polar surface area (TPSA) is 77.9 Å². The molecule has 0 radical (unpaired) electrons. The molecule has 142 valence electrons. The van der Waals surface area contributed by atoms with Crippen LogP contribution in [0.1, 0.15) is 11.5 Å². The van der Waals surface area contributed by atoms with Gasteiger partial charge in [0, 0.05) is 16.9 Å². The summed E-state index contributed by atoms with van der Waals surface area (Å²) >= 11 is 3.41. The second-order valence-corrected chi connectivity index (χ2v) is 9.66. The average molecular weight is 451 g/mol. The number of hydrogen-bond acceptors (Lipinski definition) is 4. The first kappa shape index (κ1) is 18.6. The van der Waals surface area contributed by atoms with Crippen LogP contribution in [0.3, 0.4) is 0 Å². The lowest BCUT2D eigenvalue weighted by Crippen LogP contribution is -2.73. The van der Waals surface area contributed by atoms with Gasteiger partial charge in [0.1, 0.15) is 0 Å². The lowest BCUT2D eigenvalue weighted by Gasteiger charge is -2.58. The van der Waals surface area contributed by atoms with E-state index in [-0.39, 0.29) is 48.5 Å². The molecule has 0 aliphatic carbocycles. The summed E-state index contributed by atoms with van der Waals surface area (Å²) in [4.78, 5) is 14.5. The molecule has 2 aliphatic heterocycles. The number of carbonyl (C=O) groups is 1. The number of sulfonamides is 1. The van der Waals surface area contributed by atoms with Gasteiger partial charge in [-0.15, -0.1) is 0 Å². The Balaban J connectivity index is 1.64. The number of amides is 1. The van der Waals surface area contributed by atoms with Crippen LogP contribution in [0.5, 0.6) is 0 Å². The third kappa shape index (κ3) is 3.10. The van der Waals surface area contributed by atoms with Crippen molar-refractivity contribution in [1.82, 2.24) is 9.21 Å². The van der Waals surface area contributed by atoms with Gasteiger partial charge in [0.2, 0.25) is 15.9 Å². The lowest BCUT2D eigenvalue weighted by atomic mass is 9.74. The average Bonchev–Trinajstić information content (AvgIpc) is 2.65. The Morgan fingerprint density at radius 3 is 2.37 bits per heavy atom. The number of benzene rings is 2. The molecule has 2 aromatic rings. The molecule has 0 saturated carbocycles. The smallest absolute Gasteiger partial charge is 0.243 e. The normalized spacial score (nSPS) is 25.8. The number of hydrogen-bond donors (Lipinski definition) is 1. The summed E-state index contributed by atoms with van der Waals surface area (Å²) < 4.78 is 28.1. The highest BCUT2D eigenvalue weighted by Gasteiger charge is 2.55. The summed E-state index contributed by atoms with van der Waals surface area (Å²) in [6.07, 6.45) is 0. The van der Waals surface area contributed by atoms with Gasteiger partial charge in [-0.2, -0.15) is 4.31 Å². The molecule has 1 amide bonds. The van der Waals surface area contributed by atoms with Crippen LogP contribution in [0.25, 0.3) is 0 Å². The molecule has 6 nitrogen and oxygen atoms in total. The number of carbonyl (C=O) groups excluding carboxylic acids is 1. The van der Waals surface area contributed by atoms with Gasteiger partial charge in [-0.25, -0.2) is 8.42 Å². The van der Waals surface area contributed by atoms with E-state index in [1.165, 1.54) is 16.4 Å². The Bertz CT molecular complexity index is 949. The number of aliphatic hydroxyl groups excluding tert-OH is 1. The number of rotatable bonds is 4. The van der Waals surface area contributed by atoms with E-state index in [9.17, 15) is 18.3 Å². The van der Waals surface area contributed by atoms with E-state index in [0.29, 0.717) is 0 Å². The Morgan fingerprint density at radius 2 is 1.74 bits per heavy atom. The number of piperazine rings is 1. The van der Waals surface area contributed by atoms with Gasteiger partial charge in [0.25, 0.3) is 0 Å². The highest BCUT2D eigenvalue weighted by atomic mass is 79.9. The zero-order valence-corrected chi connectivity index (χ0v) is 16.8. The first-order valence-electron chi connectivity index (χ1n) is 8.66. The number of nitrogens with zero attached hydrogens (tertiary/aromatic N) is 2. The number of aliphatic hydroxyl groups is 1. The van der Waals surface area contributed by atoms with Crippen molar-refractivity contribution in [3.8, 4) is 0 Å². The minimum Gasteiger partial charge on any atom is -0.394 e. The van der Waals surface area contributed by atoms with Gasteiger partial charge in [-0.1, -0.05) is 46.3 Å². The van der Waals surface area contributed by atoms with Crippen LogP contribution in [-0.2, 0) is 14.8 Å². The molecule has 1 N–H and O–H groups in total. The molecule has 2 fully saturated rings. The first-order chi connectivity index (χ1) is 12.9. The SMILES string of the molecule is O=C1CN(S(=O)(=O)c2ccccc2)C[C@H]2[C@@H](c3ccc(Br)cc3)[C@@H](CO)N12. The second-order valence-electron chi connectivity index (χ2n) is 6.81. The van der Waals surface area contributed by atoms with Crippen molar-refractivity contribution in [2.45, 2.75) is 22.9 Å². The second kappa shape index (κ2) is 7.01. The van der Waals surface area contributed by atoms with Crippen LogP contribution < -0.4 is 0 Å². The van der Waals surface area contributed by atoms with Gasteiger partial charge in [-0.3, -0.25) is 4.79 Å². The molecule has 0 spiro atoms. The van der Waals surface area contributed by atoms with Crippen LogP contribution in [-0.4, -0.2) is 60.4 Å². The summed E-state index contributed by atoms with van der Waals surface area (Å²) in [5.74, 6) is -0.362. The standard InChI is InChI=1S/C19H19BrN2O4S/c20-14-8-6-13(7-9-14)19-16-10-21(11-18(24)22(16)17(19)12-23)27(25,26)15-4-2-1-3-5-15/h1-9,16-17,19,23H,10-12H2/t16-,17+,19+/m0/s1. The van der Waals surface area contributed by atoms with Crippen molar-refractivity contribution in [3.05, 3.63) is 64.6 Å². The van der Waals surface area contributed by atoms with Crippen molar-refractivity contribution < 1.29 is 18.3 Å². The molecule has 2 aliphatic rings. The minimum atomic E-state index is -3.74. The molecular formula is C19H19BrN2O4S. The molecule has 2 heterocycles. The van der Waals surface area contributed by atoms with E-state index in [1.807, 2.05) is 24.3 Å². The number of fused-ring (bicyclic) bond motifs is 1. The summed E-state index contributed by atoms with van der Waals surface area (Å²) in [7, 11) is -3.74. The molecule has 0 aromatic heterocycles. The van der Waals surface area contributed by atoms with Gasteiger partial charge in [0.05, 0.1) is 30.1 Å². The highest BCUT2D eigenvalue weighted by molar-refractivity contribution is 9.10. The monoisotopic (exact) mass is 450 g/mol. The van der Waals surface area contributed by atoms with E-state index in [2.05, 4.69) is 15.9 Å². The summed E-state index contributed by atoms with van der Waals surface area (Å²) in [5.41, 5.74) is 0.991. The largest absolute Gasteiger partial charge is 0.394 e. The van der Waals surface area contributed by atoms with E-state index < -0.39 is 10.0 Å². The quantitative estimate of drug-likeness (QED) is 0.770. The summed E-state index contributed by atoms with van der Waals surface area (Å²) in [5, 5.41) is 9.80. The fourth-order valence-corrected chi connectivity index (χ4v) is 5.77. The maximum Gasteiger partial charge on any atom is 0.243 e. The minimum absolute atomic E-state index is 0.0965. The lowest BCUT2D eigenvalue weighted by molar-refractivity contribution is -0.158. The molecule has 4 rings (SSSR count). The Labute approximate surface area is 166 Å². The third-order valence-electron chi connectivity index (χ3n) is 5.36. The third-order valence-corrected chi connectivity index (χ3v) is 7.71. The fraction of sp³-hybridized carbons (Fsp3) is 0.316. The number of halogens is 1. The predicted molar refractivity (Wildman–Crippen MR) is 104 cm³/mol. The van der Waals surface area contributed by atoms with E-state index in [0.717, 1.165) is 10.0 Å². The maximum absolute atomic E-state index is 12.9. The zero-order chi connectivity index (χ0) is 19.2. The van der Waals surface area contributed by atoms with Crippen molar-refractivity contribution in [3.63, 3.8) is 0 Å². The highest BCUT2D eigenvalue weighted by Crippen LogP contribution is 2.43. The van der Waals surface area contributed by atoms with Crippen LogP contribution in [0, 0.1) is 0 Å². The van der Waals surface area contributed by atoms with Gasteiger partial charge < -0.3 is 10.0 Å². The molecule has 27 heavy (non-hydrogen) atoms. The van der Waals surface area contributed by atoms with Crippen LogP contribution in [0.4, 0.5) is 0 Å². The Hall–Kier alpha value is -1.74. The molecule has 8 heteroatoms. The van der Waals surface area contributed by atoms with Gasteiger partial charge in [0.15, 0.2) is 0 Å². The molecule has 2 aromatic carbocycles. The van der Waals surface area contributed by atoms with Gasteiger partial charge in [-0.05, 0) is 29.8 Å². The van der Waals surface area contributed by atoms with Crippen molar-refractivity contribution in [1.29, 1.82) is 0 Å². The maximum atomic E-state index is 12.9. The summed E-state index contributed by atoms with van der Waals surface area (Å²) in [6, 6.07) is 15.3. The zero-order valence-electron chi connectivity index (χ0n) is 14.4. The van der Waals surface area contributed by atoms with Crippen molar-refractivity contribution in [2.75, 3.05) is 19.7 Å². The van der Waals surface area contributed by atoms with Crippen molar-refractivity contribution >= 4 is 31.9 Å². The van der Waals surface area contributed by atoms with Crippen molar-refractivity contribution in [2.24, 2.45) is 0 Å². The van der Waals surface area contributed by atoms with E-state index in [4.69, 9.17) is 0 Å². The van der Waals surface area contributed by atoms with Crippen LogP contribution in [0.2, 0.25) is 0 Å². The molecule has 3 atom stereocenters. The van der Waals surface area contributed by atoms with E-state index >= 15 is 0 Å². The Kier molecular flexibility index (Phi) is 4.84. The Morgan fingerprint density at radius 1 is 1.07 bits per heavy atom. The molecule has 2 saturated heterocycles.